The molecule has 3 aromatic heterocycles. The molecule has 4 heterocycles. The molecule has 1 fully saturated rings. The van der Waals surface area contributed by atoms with Crippen LogP contribution in [0.3, 0.4) is 0 Å². The van der Waals surface area contributed by atoms with Gasteiger partial charge in [0.25, 0.3) is 0 Å². The second-order valence-electron chi connectivity index (χ2n) is 11.2. The van der Waals surface area contributed by atoms with Crippen molar-refractivity contribution < 1.29 is 17.9 Å². The molecule has 10 heteroatoms. The normalized spacial score (nSPS) is 19.2. The number of ether oxygens (including phenoxy) is 2. The summed E-state index contributed by atoms with van der Waals surface area (Å²) in [6.45, 7) is 2.68. The van der Waals surface area contributed by atoms with Crippen LogP contribution in [0.2, 0.25) is 0 Å². The molecule has 0 saturated carbocycles. The van der Waals surface area contributed by atoms with E-state index < -0.39 is 21.4 Å². The molecule has 1 aliphatic heterocycles. The van der Waals surface area contributed by atoms with Gasteiger partial charge in [-0.3, -0.25) is 0 Å². The van der Waals surface area contributed by atoms with Gasteiger partial charge in [-0.05, 0) is 63.2 Å². The van der Waals surface area contributed by atoms with Crippen molar-refractivity contribution in [3.05, 3.63) is 83.8 Å². The Morgan fingerprint density at radius 1 is 1.02 bits per heavy atom. The quantitative estimate of drug-likeness (QED) is 0.212. The highest BCUT2D eigenvalue weighted by molar-refractivity contribution is 7.91. The van der Waals surface area contributed by atoms with Gasteiger partial charge in [0.05, 0.1) is 4.90 Å². The maximum Gasteiger partial charge on any atom is 0.186 e. The van der Waals surface area contributed by atoms with Gasteiger partial charge in [-0.1, -0.05) is 29.8 Å². The first-order valence-electron chi connectivity index (χ1n) is 14.1. The first kappa shape index (κ1) is 28.6. The number of H-pyrrole nitrogens is 2. The Hall–Kier alpha value is -3.54. The Labute approximate surface area is 246 Å². The Kier molecular flexibility index (Phi) is 7.67. The van der Waals surface area contributed by atoms with Crippen LogP contribution in [0.5, 0.6) is 0 Å². The van der Waals surface area contributed by atoms with Gasteiger partial charge < -0.3 is 30.1 Å². The summed E-state index contributed by atoms with van der Waals surface area (Å²) in [7, 11) is 1.33. The van der Waals surface area contributed by atoms with E-state index in [0.29, 0.717) is 17.0 Å². The first-order chi connectivity index (χ1) is 20.2. The lowest BCUT2D eigenvalue weighted by atomic mass is 9.88. The van der Waals surface area contributed by atoms with Gasteiger partial charge in [-0.15, -0.1) is 0 Å². The molecule has 3 atom stereocenters. The third-order valence-corrected chi connectivity index (χ3v) is 10.8. The van der Waals surface area contributed by atoms with Crippen LogP contribution in [0.1, 0.15) is 41.1 Å². The largest absolute Gasteiger partial charge is 0.361 e. The summed E-state index contributed by atoms with van der Waals surface area (Å²) in [6.07, 6.45) is 6.42. The van der Waals surface area contributed by atoms with E-state index >= 15 is 0 Å². The smallest absolute Gasteiger partial charge is 0.186 e. The molecule has 0 bridgehead atoms. The zero-order chi connectivity index (χ0) is 29.6. The number of nitrogens with zero attached hydrogens (tertiary/aromatic N) is 2. The predicted molar refractivity (Wildman–Crippen MR) is 165 cm³/mol. The number of aromatic nitrogens is 3. The summed E-state index contributed by atoms with van der Waals surface area (Å²) in [4.78, 5) is 13.8. The van der Waals surface area contributed by atoms with Crippen molar-refractivity contribution in [2.75, 3.05) is 27.8 Å². The van der Waals surface area contributed by atoms with Gasteiger partial charge >= 0.3 is 0 Å². The molecule has 4 N–H and O–H groups in total. The van der Waals surface area contributed by atoms with E-state index in [2.05, 4.69) is 14.9 Å². The number of nitrogens with one attached hydrogen (secondary N) is 2. The number of fused-ring (bicyclic) bond motifs is 2. The van der Waals surface area contributed by atoms with Crippen LogP contribution in [0, 0.1) is 6.92 Å². The number of rotatable bonds is 8. The summed E-state index contributed by atoms with van der Waals surface area (Å²) in [5.41, 5.74) is 12.3. The van der Waals surface area contributed by atoms with Crippen LogP contribution >= 0.6 is 0 Å². The second kappa shape index (κ2) is 11.3. The Balaban J connectivity index is 1.61. The van der Waals surface area contributed by atoms with E-state index in [4.69, 9.17) is 20.2 Å². The molecule has 0 spiro atoms. The molecule has 220 valence electrons. The number of piperidine rings is 1. The molecular weight excluding hydrogens is 550 g/mol. The van der Waals surface area contributed by atoms with Crippen molar-refractivity contribution in [3.63, 3.8) is 0 Å². The van der Waals surface area contributed by atoms with Crippen LogP contribution < -0.4 is 5.73 Å². The molecule has 5 aromatic rings. The zero-order valence-corrected chi connectivity index (χ0v) is 25.1. The molecule has 6 rings (SSSR count). The van der Waals surface area contributed by atoms with E-state index in [1.807, 2.05) is 62.8 Å². The molecule has 42 heavy (non-hydrogen) atoms. The number of likely N-dealkylation sites (tertiary alicyclic amines) is 1. The highest BCUT2D eigenvalue weighted by atomic mass is 32.2. The highest BCUT2D eigenvalue weighted by Crippen LogP contribution is 2.45. The summed E-state index contributed by atoms with van der Waals surface area (Å²) >= 11 is 0. The topological polar surface area (TPSA) is 126 Å². The van der Waals surface area contributed by atoms with Gasteiger partial charge in [-0.25, -0.2) is 13.4 Å². The van der Waals surface area contributed by atoms with E-state index in [1.165, 1.54) is 0 Å². The molecule has 2 aromatic carbocycles. The number of sulfone groups is 1. The number of nitrogens with two attached hydrogens (primary N) is 1. The molecular formula is C32H37N5O4S. The average Bonchev–Trinajstić information content (AvgIpc) is 3.63. The number of methoxy groups -OCH3 is 2. The van der Waals surface area contributed by atoms with Gasteiger partial charge in [0.2, 0.25) is 0 Å². The van der Waals surface area contributed by atoms with Crippen molar-refractivity contribution in [2.45, 2.75) is 48.3 Å². The van der Waals surface area contributed by atoms with Crippen molar-refractivity contribution >= 4 is 31.8 Å². The minimum Gasteiger partial charge on any atom is -0.361 e. The third-order valence-electron chi connectivity index (χ3n) is 8.61. The van der Waals surface area contributed by atoms with E-state index in [0.717, 1.165) is 57.1 Å². The minimum atomic E-state index is -3.87. The number of likely N-dealkylation sites (N-methyl/N-ethyl adjacent to an activating group) is 1. The number of aromatic amines is 2. The number of aryl methyl sites for hydroxylation is 1. The third kappa shape index (κ3) is 4.93. The van der Waals surface area contributed by atoms with Crippen LogP contribution in [-0.4, -0.2) is 68.2 Å². The van der Waals surface area contributed by atoms with Gasteiger partial charge in [0.1, 0.15) is 10.9 Å². The lowest BCUT2D eigenvalue weighted by Crippen LogP contribution is -2.49. The fourth-order valence-electron chi connectivity index (χ4n) is 6.36. The minimum absolute atomic E-state index is 0.0880. The highest BCUT2D eigenvalue weighted by Gasteiger charge is 2.43. The van der Waals surface area contributed by atoms with E-state index in [-0.39, 0.29) is 12.1 Å². The van der Waals surface area contributed by atoms with E-state index in [1.54, 1.807) is 32.5 Å². The van der Waals surface area contributed by atoms with Gasteiger partial charge in [0.15, 0.2) is 16.1 Å². The molecule has 1 saturated heterocycles. The summed E-state index contributed by atoms with van der Waals surface area (Å²) < 4.78 is 40.5. The van der Waals surface area contributed by atoms with Gasteiger partial charge in [-0.2, -0.15) is 0 Å². The standard InChI is InChI=1S/C32H37N5O4S/c1-19-5-8-22(9-6-19)42(38,39)30(28-16-21(33)12-14-37(28)2)29-24-11-13-34-31(24)36-18-26(29)25-17-35-27-15-20(7-10-23(25)27)32(40-3)41-4/h5-11,13,15,17-18,21,28,30,32,35H,12,14,16,33H2,1-4H3,(H,34,36). The number of hydrogen-bond donors (Lipinski definition) is 3. The SMILES string of the molecule is COC(OC)c1ccc2c(-c3cnc4[nH]ccc4c3C(C3CC(N)CCN3C)S(=O)(=O)c3ccc(C)cc3)c[nH]c2c1. The van der Waals surface area contributed by atoms with Crippen molar-refractivity contribution in [2.24, 2.45) is 5.73 Å². The Bertz CT molecular complexity index is 1830. The van der Waals surface area contributed by atoms with E-state index in [9.17, 15) is 8.42 Å². The Morgan fingerprint density at radius 3 is 2.52 bits per heavy atom. The molecule has 0 aliphatic carbocycles. The number of pyridine rings is 1. The average molecular weight is 588 g/mol. The van der Waals surface area contributed by atoms with Crippen LogP contribution in [0.15, 0.2) is 72.0 Å². The molecule has 0 radical (unpaired) electrons. The van der Waals surface area contributed by atoms with Crippen molar-refractivity contribution in [1.82, 2.24) is 19.9 Å². The maximum absolute atomic E-state index is 14.8. The molecule has 0 amide bonds. The summed E-state index contributed by atoms with van der Waals surface area (Å²) in [5, 5.41) is 0.844. The molecule has 9 nitrogen and oxygen atoms in total. The zero-order valence-electron chi connectivity index (χ0n) is 24.3. The van der Waals surface area contributed by atoms with Crippen LogP contribution in [-0.2, 0) is 19.3 Å². The second-order valence-corrected chi connectivity index (χ2v) is 13.3. The van der Waals surface area contributed by atoms with Crippen LogP contribution in [0.25, 0.3) is 33.1 Å². The van der Waals surface area contributed by atoms with Crippen LogP contribution in [0.4, 0.5) is 0 Å². The lowest BCUT2D eigenvalue weighted by Gasteiger charge is -2.41. The monoisotopic (exact) mass is 587 g/mol. The number of benzene rings is 2. The Morgan fingerprint density at radius 2 is 1.79 bits per heavy atom. The molecule has 1 aliphatic rings. The first-order valence-corrected chi connectivity index (χ1v) is 15.7. The van der Waals surface area contributed by atoms with Crippen molar-refractivity contribution in [3.8, 4) is 11.1 Å². The van der Waals surface area contributed by atoms with Crippen molar-refractivity contribution in [1.29, 1.82) is 0 Å². The van der Waals surface area contributed by atoms with Gasteiger partial charge in [0, 0.05) is 77.9 Å². The maximum atomic E-state index is 14.8. The molecule has 3 unspecified atom stereocenters. The summed E-state index contributed by atoms with van der Waals surface area (Å²) in [5.74, 6) is 0. The summed E-state index contributed by atoms with van der Waals surface area (Å²) in [6, 6.07) is 14.6. The predicted octanol–water partition coefficient (Wildman–Crippen LogP) is 5.25. The number of hydrogen-bond acceptors (Lipinski definition) is 7. The fraction of sp³-hybridized carbons (Fsp3) is 0.344. The lowest BCUT2D eigenvalue weighted by molar-refractivity contribution is -0.105. The fourth-order valence-corrected chi connectivity index (χ4v) is 8.46.